The third-order valence-corrected chi connectivity index (χ3v) is 9.07. The Labute approximate surface area is 282 Å². The van der Waals surface area contributed by atoms with Crippen molar-refractivity contribution in [2.75, 3.05) is 13.2 Å². The maximum atomic E-state index is 12.2. The van der Waals surface area contributed by atoms with Gasteiger partial charge in [0.15, 0.2) is 6.10 Å². The average molecular weight is 658 g/mol. The molecule has 5 N–H and O–H groups in total. The Bertz CT molecular complexity index is 677. The van der Waals surface area contributed by atoms with E-state index in [1.54, 1.807) is 0 Å². The fourth-order valence-corrected chi connectivity index (χ4v) is 5.84. The van der Waals surface area contributed by atoms with Crippen LogP contribution < -0.4 is 5.32 Å². The van der Waals surface area contributed by atoms with Crippen LogP contribution in [-0.2, 0) is 14.3 Å². The number of amides is 1. The average Bonchev–Trinajstić information content (AvgIpc) is 3.06. The first-order valence-electron chi connectivity index (χ1n) is 19.5. The van der Waals surface area contributed by atoms with Gasteiger partial charge in [0.2, 0.25) is 0 Å². The maximum absolute atomic E-state index is 12.2. The second-order valence-corrected chi connectivity index (χ2v) is 13.6. The number of nitrogens with one attached hydrogen (secondary N) is 1. The van der Waals surface area contributed by atoms with Gasteiger partial charge in [0.25, 0.3) is 5.91 Å². The number of aliphatic hydroxyl groups excluding tert-OH is 4. The quantitative estimate of drug-likeness (QED) is 0.0344. The summed E-state index contributed by atoms with van der Waals surface area (Å²) in [5, 5.41) is 43.2. The molecule has 0 aromatic rings. The Hall–Kier alpha value is -1.22. The summed E-state index contributed by atoms with van der Waals surface area (Å²) >= 11 is 0. The molecule has 0 aliphatic rings. The van der Waals surface area contributed by atoms with E-state index in [1.807, 2.05) is 0 Å². The first-order valence-corrected chi connectivity index (χ1v) is 19.5. The third kappa shape index (κ3) is 27.9. The molecule has 4 atom stereocenters. The van der Waals surface area contributed by atoms with Crippen LogP contribution in [0.25, 0.3) is 0 Å². The van der Waals surface area contributed by atoms with Crippen molar-refractivity contribution in [1.82, 2.24) is 5.32 Å². The van der Waals surface area contributed by atoms with Crippen molar-refractivity contribution in [3.05, 3.63) is 0 Å². The van der Waals surface area contributed by atoms with Gasteiger partial charge in [-0.15, -0.1) is 0 Å². The molecule has 0 aliphatic carbocycles. The molecule has 46 heavy (non-hydrogen) atoms. The van der Waals surface area contributed by atoms with Crippen LogP contribution in [0.5, 0.6) is 0 Å². The van der Waals surface area contributed by atoms with Gasteiger partial charge in [0.05, 0.1) is 0 Å². The number of rotatable bonds is 35. The number of hydrogen-bond acceptors (Lipinski definition) is 7. The van der Waals surface area contributed by atoms with Crippen LogP contribution in [-0.4, -0.2) is 69.9 Å². The Morgan fingerprint density at radius 3 is 1.24 bits per heavy atom. The predicted molar refractivity (Wildman–Crippen MR) is 189 cm³/mol. The molecule has 0 aromatic heterocycles. The molecule has 1 amide bonds. The Balaban J connectivity index is 3.75. The van der Waals surface area contributed by atoms with Gasteiger partial charge < -0.3 is 30.5 Å². The SMILES string of the molecule is CCCCCCCCCCCCCCCCNC(=O)C(O)C(O)C(O)C(O)COC(=O)CCCCCCCCCCCCCCC. The fourth-order valence-electron chi connectivity index (χ4n) is 5.84. The summed E-state index contributed by atoms with van der Waals surface area (Å²) in [6.45, 7) is 4.35. The highest BCUT2D eigenvalue weighted by atomic mass is 16.5. The van der Waals surface area contributed by atoms with E-state index in [4.69, 9.17) is 4.74 Å². The van der Waals surface area contributed by atoms with E-state index in [9.17, 15) is 30.0 Å². The number of hydrogen-bond donors (Lipinski definition) is 5. The zero-order valence-electron chi connectivity index (χ0n) is 30.0. The highest BCUT2D eigenvalue weighted by Gasteiger charge is 2.34. The van der Waals surface area contributed by atoms with E-state index in [0.29, 0.717) is 13.0 Å². The van der Waals surface area contributed by atoms with Gasteiger partial charge in [-0.05, 0) is 12.8 Å². The molecule has 0 saturated carbocycles. The van der Waals surface area contributed by atoms with Crippen LogP contribution in [0, 0.1) is 0 Å². The molecule has 0 aliphatic heterocycles. The molecular weight excluding hydrogens is 582 g/mol. The molecule has 0 bridgehead atoms. The van der Waals surface area contributed by atoms with Crippen LogP contribution in [0.15, 0.2) is 0 Å². The minimum atomic E-state index is -1.90. The zero-order chi connectivity index (χ0) is 34.1. The standard InChI is InChI=1S/C38H75NO7/c1-3-5-7-9-11-13-15-17-19-21-23-25-27-29-31-39-38(45)37(44)36(43)35(42)33(40)32-46-34(41)30-28-26-24-22-20-18-16-14-12-10-8-6-4-2/h33,35-37,40,42-44H,3-32H2,1-2H3,(H,39,45). The molecule has 0 fully saturated rings. The molecule has 0 spiro atoms. The first-order chi connectivity index (χ1) is 22.3. The third-order valence-electron chi connectivity index (χ3n) is 9.07. The molecule has 0 rings (SSSR count). The topological polar surface area (TPSA) is 136 Å². The molecular formula is C38H75NO7. The Morgan fingerprint density at radius 2 is 0.848 bits per heavy atom. The highest BCUT2D eigenvalue weighted by molar-refractivity contribution is 5.81. The van der Waals surface area contributed by atoms with Crippen LogP contribution in [0.3, 0.4) is 0 Å². The normalized spacial score (nSPS) is 14.1. The van der Waals surface area contributed by atoms with Gasteiger partial charge >= 0.3 is 5.97 Å². The van der Waals surface area contributed by atoms with Crippen molar-refractivity contribution >= 4 is 11.9 Å². The van der Waals surface area contributed by atoms with Crippen molar-refractivity contribution in [2.45, 2.75) is 218 Å². The number of ether oxygens (including phenoxy) is 1. The molecule has 0 heterocycles. The van der Waals surface area contributed by atoms with Gasteiger partial charge in [0.1, 0.15) is 24.9 Å². The fraction of sp³-hybridized carbons (Fsp3) is 0.947. The monoisotopic (exact) mass is 658 g/mol. The van der Waals surface area contributed by atoms with E-state index in [-0.39, 0.29) is 6.42 Å². The lowest BCUT2D eigenvalue weighted by atomic mass is 10.0. The Morgan fingerprint density at radius 1 is 0.500 bits per heavy atom. The maximum Gasteiger partial charge on any atom is 0.305 e. The number of unbranched alkanes of at least 4 members (excludes halogenated alkanes) is 25. The van der Waals surface area contributed by atoms with Crippen molar-refractivity contribution < 1.29 is 34.8 Å². The number of esters is 1. The zero-order valence-corrected chi connectivity index (χ0v) is 30.0. The summed E-state index contributed by atoms with van der Waals surface area (Å²) in [5.74, 6) is -1.27. The van der Waals surface area contributed by atoms with Crippen LogP contribution in [0.1, 0.15) is 194 Å². The van der Waals surface area contributed by atoms with Crippen molar-refractivity contribution in [3.8, 4) is 0 Å². The second-order valence-electron chi connectivity index (χ2n) is 13.6. The van der Waals surface area contributed by atoms with Crippen molar-refractivity contribution in [3.63, 3.8) is 0 Å². The molecule has 274 valence electrons. The van der Waals surface area contributed by atoms with E-state index in [1.165, 1.54) is 135 Å². The van der Waals surface area contributed by atoms with Gasteiger partial charge in [-0.2, -0.15) is 0 Å². The second kappa shape index (κ2) is 33.7. The molecule has 8 nitrogen and oxygen atoms in total. The van der Waals surface area contributed by atoms with E-state index in [2.05, 4.69) is 19.2 Å². The minimum Gasteiger partial charge on any atom is -0.463 e. The minimum absolute atomic E-state index is 0.230. The summed E-state index contributed by atoms with van der Waals surface area (Å²) < 4.78 is 5.04. The van der Waals surface area contributed by atoms with Crippen LogP contribution >= 0.6 is 0 Å². The van der Waals surface area contributed by atoms with E-state index in [0.717, 1.165) is 32.1 Å². The summed E-state index contributed by atoms with van der Waals surface area (Å²) in [6.07, 6.45) is 26.1. The van der Waals surface area contributed by atoms with Crippen LogP contribution in [0.2, 0.25) is 0 Å². The number of carbonyl (C=O) groups is 2. The highest BCUT2D eigenvalue weighted by Crippen LogP contribution is 2.15. The van der Waals surface area contributed by atoms with Crippen molar-refractivity contribution in [2.24, 2.45) is 0 Å². The lowest BCUT2D eigenvalue weighted by Gasteiger charge is -2.25. The van der Waals surface area contributed by atoms with Gasteiger partial charge in [-0.25, -0.2) is 0 Å². The van der Waals surface area contributed by atoms with E-state index < -0.39 is 42.9 Å². The van der Waals surface area contributed by atoms with Crippen LogP contribution in [0.4, 0.5) is 0 Å². The van der Waals surface area contributed by atoms with Gasteiger partial charge in [-0.1, -0.05) is 174 Å². The summed E-state index contributed by atoms with van der Waals surface area (Å²) in [5.41, 5.74) is 0. The van der Waals surface area contributed by atoms with Gasteiger partial charge in [-0.3, -0.25) is 9.59 Å². The lowest BCUT2D eigenvalue weighted by molar-refractivity contribution is -0.159. The molecule has 4 unspecified atom stereocenters. The largest absolute Gasteiger partial charge is 0.463 e. The first kappa shape index (κ1) is 44.8. The summed E-state index contributed by atoms with van der Waals surface area (Å²) in [6, 6.07) is 0. The van der Waals surface area contributed by atoms with Gasteiger partial charge in [0, 0.05) is 13.0 Å². The number of carbonyl (C=O) groups excluding carboxylic acids is 2. The smallest absolute Gasteiger partial charge is 0.305 e. The van der Waals surface area contributed by atoms with E-state index >= 15 is 0 Å². The number of aliphatic hydroxyl groups is 4. The molecule has 8 heteroatoms. The molecule has 0 saturated heterocycles. The lowest BCUT2D eigenvalue weighted by Crippen LogP contribution is -2.52. The Kier molecular flexibility index (Phi) is 32.8. The molecule has 0 radical (unpaired) electrons. The predicted octanol–water partition coefficient (Wildman–Crippen LogP) is 8.05. The summed E-state index contributed by atoms with van der Waals surface area (Å²) in [7, 11) is 0. The molecule has 0 aromatic carbocycles. The van der Waals surface area contributed by atoms with Crippen molar-refractivity contribution in [1.29, 1.82) is 0 Å². The summed E-state index contributed by atoms with van der Waals surface area (Å²) in [4.78, 5) is 24.2.